The number of hydrogen-bond donors (Lipinski definition) is 1. The number of rotatable bonds is 7. The highest BCUT2D eigenvalue weighted by Gasteiger charge is 2.41. The lowest BCUT2D eigenvalue weighted by atomic mass is 9.87. The van der Waals surface area contributed by atoms with Gasteiger partial charge in [-0.1, -0.05) is 17.7 Å². The van der Waals surface area contributed by atoms with Crippen LogP contribution in [0.5, 0.6) is 17.2 Å². The van der Waals surface area contributed by atoms with Gasteiger partial charge in [0, 0.05) is 35.6 Å². The molecule has 0 spiro atoms. The predicted octanol–water partition coefficient (Wildman–Crippen LogP) is 3.75. The Labute approximate surface area is 193 Å². The van der Waals surface area contributed by atoms with Crippen LogP contribution in [-0.4, -0.2) is 57.2 Å². The fourth-order valence-electron chi connectivity index (χ4n) is 4.08. The number of carbonyl (C=O) groups excluding carboxylic acids is 2. The highest BCUT2D eigenvalue weighted by atomic mass is 35.5. The van der Waals surface area contributed by atoms with E-state index in [9.17, 15) is 9.59 Å². The fourth-order valence-corrected chi connectivity index (χ4v) is 4.27. The molecular weight excluding hydrogens is 432 g/mol. The average molecular weight is 461 g/mol. The molecule has 2 aromatic rings. The van der Waals surface area contributed by atoms with Gasteiger partial charge in [0.2, 0.25) is 11.7 Å². The van der Waals surface area contributed by atoms with Gasteiger partial charge in [0.05, 0.1) is 27.2 Å². The van der Waals surface area contributed by atoms with E-state index in [-0.39, 0.29) is 23.8 Å². The first-order valence-corrected chi connectivity index (χ1v) is 10.8. The third kappa shape index (κ3) is 4.93. The Hall–Kier alpha value is -2.93. The van der Waals surface area contributed by atoms with Crippen molar-refractivity contribution in [3.05, 3.63) is 52.5 Å². The largest absolute Gasteiger partial charge is 0.493 e. The molecule has 172 valence electrons. The Morgan fingerprint density at radius 2 is 1.69 bits per heavy atom. The van der Waals surface area contributed by atoms with Gasteiger partial charge in [-0.2, -0.15) is 0 Å². The van der Waals surface area contributed by atoms with Crippen molar-refractivity contribution in [3.63, 3.8) is 0 Å². The molecule has 0 saturated carbocycles. The number of nitrogens with one attached hydrogen (secondary N) is 1. The molecule has 32 heavy (non-hydrogen) atoms. The second kappa shape index (κ2) is 10.1. The van der Waals surface area contributed by atoms with Gasteiger partial charge in [-0.15, -0.1) is 0 Å². The molecule has 1 fully saturated rings. The average Bonchev–Trinajstić information content (AvgIpc) is 3.22. The van der Waals surface area contributed by atoms with E-state index in [4.69, 9.17) is 25.8 Å². The molecule has 2 amide bonds. The first-order valence-electron chi connectivity index (χ1n) is 10.4. The number of nitrogens with zero attached hydrogens (tertiary/aromatic N) is 1. The Balaban J connectivity index is 1.99. The van der Waals surface area contributed by atoms with Gasteiger partial charge in [-0.05, 0) is 49.7 Å². The summed E-state index contributed by atoms with van der Waals surface area (Å²) in [5.74, 6) is 0.555. The summed E-state index contributed by atoms with van der Waals surface area (Å²) < 4.78 is 16.4. The minimum absolute atomic E-state index is 0.0132. The molecule has 0 aliphatic carbocycles. The molecule has 2 aromatic carbocycles. The second-order valence-corrected chi connectivity index (χ2v) is 8.49. The van der Waals surface area contributed by atoms with Crippen molar-refractivity contribution >= 4 is 23.4 Å². The molecule has 1 aliphatic rings. The highest BCUT2D eigenvalue weighted by molar-refractivity contribution is 6.30. The zero-order valence-electron chi connectivity index (χ0n) is 19.0. The Morgan fingerprint density at radius 3 is 2.22 bits per heavy atom. The Bertz CT molecular complexity index is 969. The van der Waals surface area contributed by atoms with Crippen LogP contribution in [0.25, 0.3) is 0 Å². The Kier molecular flexibility index (Phi) is 7.51. The van der Waals surface area contributed by atoms with E-state index in [2.05, 4.69) is 5.32 Å². The third-order valence-electron chi connectivity index (χ3n) is 5.56. The number of amides is 2. The van der Waals surface area contributed by atoms with Gasteiger partial charge >= 0.3 is 0 Å². The monoisotopic (exact) mass is 460 g/mol. The van der Waals surface area contributed by atoms with Gasteiger partial charge in [0.15, 0.2) is 11.5 Å². The maximum absolute atomic E-state index is 13.2. The van der Waals surface area contributed by atoms with Crippen LogP contribution in [0.15, 0.2) is 36.4 Å². The SMILES string of the molecule is COc1cc([C@H]2CN(C(=O)c3cccc(Cl)c3)C[C@@H]2C(=O)NC(C)C)cc(OC)c1OC. The molecule has 0 unspecified atom stereocenters. The zero-order chi connectivity index (χ0) is 23.4. The maximum Gasteiger partial charge on any atom is 0.253 e. The minimum Gasteiger partial charge on any atom is -0.493 e. The van der Waals surface area contributed by atoms with Gasteiger partial charge in [-0.25, -0.2) is 0 Å². The molecule has 1 saturated heterocycles. The summed E-state index contributed by atoms with van der Waals surface area (Å²) in [5, 5.41) is 3.48. The van der Waals surface area contributed by atoms with E-state index in [1.54, 1.807) is 50.5 Å². The normalized spacial score (nSPS) is 17.9. The van der Waals surface area contributed by atoms with Crippen LogP contribution in [-0.2, 0) is 4.79 Å². The first-order chi connectivity index (χ1) is 15.3. The van der Waals surface area contributed by atoms with Crippen molar-refractivity contribution in [2.75, 3.05) is 34.4 Å². The number of benzene rings is 2. The molecule has 0 aromatic heterocycles. The van der Waals surface area contributed by atoms with E-state index < -0.39 is 5.92 Å². The van der Waals surface area contributed by atoms with E-state index in [0.717, 1.165) is 5.56 Å². The molecule has 0 bridgehead atoms. The number of ether oxygens (including phenoxy) is 3. The lowest BCUT2D eigenvalue weighted by Crippen LogP contribution is -2.39. The molecule has 1 aliphatic heterocycles. The van der Waals surface area contributed by atoms with Gasteiger partial charge in [0.1, 0.15) is 0 Å². The summed E-state index contributed by atoms with van der Waals surface area (Å²) in [7, 11) is 4.64. The number of methoxy groups -OCH3 is 3. The topological polar surface area (TPSA) is 77.1 Å². The standard InChI is InChI=1S/C24H29ClN2O5/c1-14(2)26-23(28)19-13-27(24(29)15-7-6-8-17(25)9-15)12-18(19)16-10-20(30-3)22(32-5)21(11-16)31-4/h6-11,14,18-19H,12-13H2,1-5H3,(H,26,28)/t18-,19+/m1/s1. The summed E-state index contributed by atoms with van der Waals surface area (Å²) in [6.45, 7) is 4.50. The molecule has 8 heteroatoms. The summed E-state index contributed by atoms with van der Waals surface area (Å²) in [6, 6.07) is 10.5. The van der Waals surface area contributed by atoms with Crippen molar-refractivity contribution < 1.29 is 23.8 Å². The predicted molar refractivity (Wildman–Crippen MR) is 123 cm³/mol. The van der Waals surface area contributed by atoms with Crippen LogP contribution in [0.1, 0.15) is 35.7 Å². The smallest absolute Gasteiger partial charge is 0.253 e. The van der Waals surface area contributed by atoms with E-state index in [0.29, 0.717) is 40.9 Å². The number of carbonyl (C=O) groups is 2. The maximum atomic E-state index is 13.2. The van der Waals surface area contributed by atoms with Crippen molar-refractivity contribution in [2.24, 2.45) is 5.92 Å². The summed E-state index contributed by atoms with van der Waals surface area (Å²) in [6.07, 6.45) is 0. The number of likely N-dealkylation sites (tertiary alicyclic amines) is 1. The molecule has 3 rings (SSSR count). The quantitative estimate of drug-likeness (QED) is 0.681. The Morgan fingerprint density at radius 1 is 1.03 bits per heavy atom. The van der Waals surface area contributed by atoms with E-state index in [1.165, 1.54) is 0 Å². The number of hydrogen-bond acceptors (Lipinski definition) is 5. The van der Waals surface area contributed by atoms with Crippen LogP contribution < -0.4 is 19.5 Å². The molecular formula is C24H29ClN2O5. The number of halogens is 1. The molecule has 0 radical (unpaired) electrons. The van der Waals surface area contributed by atoms with Gasteiger partial charge in [0.25, 0.3) is 5.91 Å². The molecule has 2 atom stereocenters. The molecule has 1 N–H and O–H groups in total. The molecule has 7 nitrogen and oxygen atoms in total. The second-order valence-electron chi connectivity index (χ2n) is 8.06. The summed E-state index contributed by atoms with van der Waals surface area (Å²) in [4.78, 5) is 28.0. The van der Waals surface area contributed by atoms with Crippen LogP contribution in [0.3, 0.4) is 0 Å². The van der Waals surface area contributed by atoms with Gasteiger partial charge < -0.3 is 24.4 Å². The highest BCUT2D eigenvalue weighted by Crippen LogP contribution is 2.43. The van der Waals surface area contributed by atoms with Crippen LogP contribution in [0.2, 0.25) is 5.02 Å². The molecule has 1 heterocycles. The van der Waals surface area contributed by atoms with Crippen LogP contribution >= 0.6 is 11.6 Å². The summed E-state index contributed by atoms with van der Waals surface area (Å²) >= 11 is 6.08. The van der Waals surface area contributed by atoms with Crippen molar-refractivity contribution in [1.82, 2.24) is 10.2 Å². The minimum atomic E-state index is -0.427. The van der Waals surface area contributed by atoms with Crippen molar-refractivity contribution in [1.29, 1.82) is 0 Å². The third-order valence-corrected chi connectivity index (χ3v) is 5.80. The van der Waals surface area contributed by atoms with Crippen LogP contribution in [0, 0.1) is 5.92 Å². The van der Waals surface area contributed by atoms with Gasteiger partial charge in [-0.3, -0.25) is 9.59 Å². The van der Waals surface area contributed by atoms with Crippen molar-refractivity contribution in [3.8, 4) is 17.2 Å². The van der Waals surface area contributed by atoms with Crippen LogP contribution in [0.4, 0.5) is 0 Å². The lowest BCUT2D eigenvalue weighted by Gasteiger charge is -2.21. The fraction of sp³-hybridized carbons (Fsp3) is 0.417. The van der Waals surface area contributed by atoms with E-state index >= 15 is 0 Å². The first kappa shape index (κ1) is 23.7. The zero-order valence-corrected chi connectivity index (χ0v) is 19.7. The van der Waals surface area contributed by atoms with E-state index in [1.807, 2.05) is 26.0 Å². The van der Waals surface area contributed by atoms with Crippen molar-refractivity contribution in [2.45, 2.75) is 25.8 Å². The lowest BCUT2D eigenvalue weighted by molar-refractivity contribution is -0.125. The summed E-state index contributed by atoms with van der Waals surface area (Å²) in [5.41, 5.74) is 1.33.